The van der Waals surface area contributed by atoms with Crippen molar-refractivity contribution in [1.82, 2.24) is 0 Å². The van der Waals surface area contributed by atoms with Crippen LogP contribution < -0.4 is 10.2 Å². The molecule has 23 heavy (non-hydrogen) atoms. The molecular formula is C15H20BF3O4. The second-order valence-corrected chi connectivity index (χ2v) is 6.39. The fourth-order valence-corrected chi connectivity index (χ4v) is 2.12. The predicted molar refractivity (Wildman–Crippen MR) is 79.7 cm³/mol. The lowest BCUT2D eigenvalue weighted by atomic mass is 9.78. The third kappa shape index (κ3) is 3.64. The molecule has 0 saturated carbocycles. The van der Waals surface area contributed by atoms with E-state index in [1.165, 1.54) is 13.2 Å². The summed E-state index contributed by atoms with van der Waals surface area (Å²) in [7, 11) is 0.580. The summed E-state index contributed by atoms with van der Waals surface area (Å²) in [4.78, 5) is 0. The molecule has 0 radical (unpaired) electrons. The van der Waals surface area contributed by atoms with Crippen molar-refractivity contribution < 1.29 is 32.0 Å². The number of halogens is 3. The Kier molecular flexibility index (Phi) is 4.72. The zero-order valence-corrected chi connectivity index (χ0v) is 13.8. The summed E-state index contributed by atoms with van der Waals surface area (Å²) >= 11 is 0. The number of benzene rings is 1. The van der Waals surface area contributed by atoms with Gasteiger partial charge in [0.15, 0.2) is 6.79 Å². The van der Waals surface area contributed by atoms with Gasteiger partial charge in [-0.1, -0.05) is 12.1 Å². The van der Waals surface area contributed by atoms with Gasteiger partial charge in [0.2, 0.25) is 0 Å². The van der Waals surface area contributed by atoms with E-state index < -0.39 is 30.1 Å². The van der Waals surface area contributed by atoms with Crippen LogP contribution in [0, 0.1) is 0 Å². The van der Waals surface area contributed by atoms with E-state index in [-0.39, 0.29) is 12.5 Å². The van der Waals surface area contributed by atoms with E-state index in [1.54, 1.807) is 0 Å². The normalized spacial score (nSPS) is 19.9. The highest BCUT2D eigenvalue weighted by Crippen LogP contribution is 2.38. The summed E-state index contributed by atoms with van der Waals surface area (Å²) in [6.45, 7) is 7.30. The molecule has 1 heterocycles. The maximum absolute atomic E-state index is 12.9. The first kappa shape index (κ1) is 18.1. The Morgan fingerprint density at radius 3 is 2.13 bits per heavy atom. The van der Waals surface area contributed by atoms with Gasteiger partial charge in [0.05, 0.1) is 16.8 Å². The van der Waals surface area contributed by atoms with Gasteiger partial charge < -0.3 is 18.8 Å². The molecule has 0 atom stereocenters. The fraction of sp³-hybridized carbons (Fsp3) is 0.600. The molecule has 1 saturated heterocycles. The zero-order chi connectivity index (χ0) is 17.5. The highest BCUT2D eigenvalue weighted by Gasteiger charge is 2.52. The van der Waals surface area contributed by atoms with Gasteiger partial charge >= 0.3 is 13.3 Å². The second kappa shape index (κ2) is 6.00. The molecule has 0 aromatic heterocycles. The largest absolute Gasteiger partial charge is 0.498 e. The van der Waals surface area contributed by atoms with Gasteiger partial charge in [-0.3, -0.25) is 0 Å². The number of hydrogen-bond acceptors (Lipinski definition) is 4. The van der Waals surface area contributed by atoms with Crippen LogP contribution in [0.2, 0.25) is 0 Å². The standard InChI is InChI=1S/C15H20BF3O4/c1-13(2)14(3,4)23-16(22-13)11-7-6-10(15(17,18)19)8-12(11)21-9-20-5/h6-8H,9H2,1-5H3. The predicted octanol–water partition coefficient (Wildman–Crippen LogP) is 2.99. The zero-order valence-electron chi connectivity index (χ0n) is 13.8. The van der Waals surface area contributed by atoms with Crippen molar-refractivity contribution in [3.05, 3.63) is 23.8 Å². The summed E-state index contributed by atoms with van der Waals surface area (Å²) in [6.07, 6.45) is -4.46. The number of methoxy groups -OCH3 is 1. The molecule has 8 heteroatoms. The van der Waals surface area contributed by atoms with Gasteiger partial charge in [-0.05, 0) is 33.8 Å². The van der Waals surface area contributed by atoms with Gasteiger partial charge in [0.25, 0.3) is 0 Å². The van der Waals surface area contributed by atoms with Crippen LogP contribution in [0.3, 0.4) is 0 Å². The van der Waals surface area contributed by atoms with E-state index >= 15 is 0 Å². The molecule has 1 fully saturated rings. The van der Waals surface area contributed by atoms with Crippen molar-refractivity contribution in [3.63, 3.8) is 0 Å². The molecule has 1 aromatic rings. The SMILES string of the molecule is COCOc1cc(C(F)(F)F)ccc1B1OC(C)(C)C(C)(C)O1. The highest BCUT2D eigenvalue weighted by atomic mass is 19.4. The van der Waals surface area contributed by atoms with Crippen LogP contribution in [0.1, 0.15) is 33.3 Å². The molecule has 0 spiro atoms. The van der Waals surface area contributed by atoms with E-state index in [1.807, 2.05) is 27.7 Å². The molecule has 1 aromatic carbocycles. The average molecular weight is 332 g/mol. The third-order valence-electron chi connectivity index (χ3n) is 4.18. The van der Waals surface area contributed by atoms with Crippen molar-refractivity contribution in [2.75, 3.05) is 13.9 Å². The monoisotopic (exact) mass is 332 g/mol. The number of ether oxygens (including phenoxy) is 2. The van der Waals surface area contributed by atoms with E-state index in [0.29, 0.717) is 5.46 Å². The molecule has 128 valence electrons. The van der Waals surface area contributed by atoms with Gasteiger partial charge in [0.1, 0.15) is 5.75 Å². The van der Waals surface area contributed by atoms with Crippen LogP contribution >= 0.6 is 0 Å². The van der Waals surface area contributed by atoms with Crippen LogP contribution in [0.4, 0.5) is 13.2 Å². The van der Waals surface area contributed by atoms with Crippen LogP contribution in [-0.2, 0) is 20.2 Å². The van der Waals surface area contributed by atoms with Crippen molar-refractivity contribution in [2.45, 2.75) is 45.1 Å². The second-order valence-electron chi connectivity index (χ2n) is 6.39. The highest BCUT2D eigenvalue weighted by molar-refractivity contribution is 6.63. The summed E-state index contributed by atoms with van der Waals surface area (Å²) in [6, 6.07) is 3.23. The Hall–Kier alpha value is -1.25. The average Bonchev–Trinajstić information content (AvgIpc) is 2.63. The van der Waals surface area contributed by atoms with Gasteiger partial charge in [0, 0.05) is 12.6 Å². The molecule has 0 aliphatic carbocycles. The molecule has 0 bridgehead atoms. The number of alkyl halides is 3. The lowest BCUT2D eigenvalue weighted by Crippen LogP contribution is -2.41. The van der Waals surface area contributed by atoms with Crippen LogP contribution in [0.15, 0.2) is 18.2 Å². The third-order valence-corrected chi connectivity index (χ3v) is 4.18. The summed E-state index contributed by atoms with van der Waals surface area (Å²) in [5.41, 5.74) is -1.60. The lowest BCUT2D eigenvalue weighted by molar-refractivity contribution is -0.137. The fourth-order valence-electron chi connectivity index (χ4n) is 2.12. The van der Waals surface area contributed by atoms with Crippen LogP contribution in [0.25, 0.3) is 0 Å². The summed E-state index contributed by atoms with van der Waals surface area (Å²) in [5, 5.41) is 0. The molecule has 1 aliphatic rings. The maximum atomic E-state index is 12.9. The molecule has 0 unspecified atom stereocenters. The minimum absolute atomic E-state index is 0.0279. The Balaban J connectivity index is 2.38. The molecular weight excluding hydrogens is 312 g/mol. The maximum Gasteiger partial charge on any atom is 0.498 e. The summed E-state index contributed by atoms with van der Waals surface area (Å²) < 4.78 is 60.5. The van der Waals surface area contributed by atoms with E-state index in [0.717, 1.165) is 12.1 Å². The van der Waals surface area contributed by atoms with Crippen LogP contribution in [0.5, 0.6) is 5.75 Å². The topological polar surface area (TPSA) is 36.9 Å². The Morgan fingerprint density at radius 2 is 1.65 bits per heavy atom. The number of rotatable bonds is 4. The van der Waals surface area contributed by atoms with Crippen LogP contribution in [-0.4, -0.2) is 32.2 Å². The summed E-state index contributed by atoms with van der Waals surface area (Å²) in [5.74, 6) is 0.0279. The smallest absolute Gasteiger partial charge is 0.468 e. The van der Waals surface area contributed by atoms with Gasteiger partial charge in [-0.25, -0.2) is 0 Å². The van der Waals surface area contributed by atoms with E-state index in [4.69, 9.17) is 18.8 Å². The Labute approximate surface area is 134 Å². The van der Waals surface area contributed by atoms with Gasteiger partial charge in [-0.2, -0.15) is 13.2 Å². The lowest BCUT2D eigenvalue weighted by Gasteiger charge is -2.32. The molecule has 0 N–H and O–H groups in total. The minimum Gasteiger partial charge on any atom is -0.468 e. The van der Waals surface area contributed by atoms with E-state index in [2.05, 4.69) is 0 Å². The minimum atomic E-state index is -4.46. The van der Waals surface area contributed by atoms with E-state index in [9.17, 15) is 13.2 Å². The molecule has 0 amide bonds. The van der Waals surface area contributed by atoms with Crippen molar-refractivity contribution in [3.8, 4) is 5.75 Å². The first-order chi connectivity index (χ1) is 10.5. The van der Waals surface area contributed by atoms with Gasteiger partial charge in [-0.15, -0.1) is 0 Å². The Bertz CT molecular complexity index is 556. The van der Waals surface area contributed by atoms with Crippen molar-refractivity contribution in [1.29, 1.82) is 0 Å². The van der Waals surface area contributed by atoms with Crippen molar-refractivity contribution in [2.24, 2.45) is 0 Å². The van der Waals surface area contributed by atoms with Crippen molar-refractivity contribution >= 4 is 12.6 Å². The molecule has 2 rings (SSSR count). The molecule has 4 nitrogen and oxygen atoms in total. The number of hydrogen-bond donors (Lipinski definition) is 0. The molecule has 1 aliphatic heterocycles. The first-order valence-corrected chi connectivity index (χ1v) is 7.16. The Morgan fingerprint density at radius 1 is 1.09 bits per heavy atom. The quantitative estimate of drug-likeness (QED) is 0.627. The first-order valence-electron chi connectivity index (χ1n) is 7.16.